The van der Waals surface area contributed by atoms with Gasteiger partial charge < -0.3 is 9.39 Å². The van der Waals surface area contributed by atoms with Crippen molar-refractivity contribution < 1.29 is 9.39 Å². The third-order valence-electron chi connectivity index (χ3n) is 1.45. The minimum Gasteiger partial charge on any atom is -0.565 e. The second-order valence-corrected chi connectivity index (χ2v) is 2.27. The monoisotopic (exact) mass is 148 g/mol. The van der Waals surface area contributed by atoms with E-state index in [2.05, 4.69) is 4.65 Å². The van der Waals surface area contributed by atoms with Crippen LogP contribution < -0.4 is 9.39 Å². The number of benzene rings is 1. The molecule has 0 unspecified atom stereocenters. The Labute approximate surface area is 67.6 Å². The van der Waals surface area contributed by atoms with E-state index in [0.717, 1.165) is 5.56 Å². The highest BCUT2D eigenvalue weighted by atomic mass is 16.5. The van der Waals surface area contributed by atoms with Crippen LogP contribution in [0.15, 0.2) is 18.2 Å². The first-order valence-electron chi connectivity index (χ1n) is 3.29. The molecule has 0 amide bonds. The number of hydrogen-bond donors (Lipinski definition) is 0. The number of hydrogen-bond acceptors (Lipinski definition) is 2. The maximum atomic E-state index is 5.01. The van der Waals surface area contributed by atoms with Crippen LogP contribution in [-0.4, -0.2) is 15.2 Å². The van der Waals surface area contributed by atoms with Crippen LogP contribution in [0.3, 0.4) is 0 Å². The topological polar surface area (TPSA) is 18.5 Å². The summed E-state index contributed by atoms with van der Waals surface area (Å²) < 4.78 is 9.58. The van der Waals surface area contributed by atoms with Crippen molar-refractivity contribution in [2.45, 2.75) is 6.92 Å². The quantitative estimate of drug-likeness (QED) is 0.591. The van der Waals surface area contributed by atoms with E-state index in [1.165, 1.54) is 0 Å². The van der Waals surface area contributed by atoms with Crippen LogP contribution in [-0.2, 0) is 0 Å². The molecule has 0 fully saturated rings. The first-order valence-corrected chi connectivity index (χ1v) is 3.29. The van der Waals surface area contributed by atoms with E-state index in [1.807, 2.05) is 19.1 Å². The maximum Gasteiger partial charge on any atom is 0.374 e. The standard InChI is InChI=1S/C8H9BO2/c1-6-3-4-7(11-9)8(5-6)10-2/h3-5H,1-2H3. The minimum absolute atomic E-state index is 0.554. The molecule has 0 saturated carbocycles. The van der Waals surface area contributed by atoms with Crippen molar-refractivity contribution in [3.8, 4) is 11.5 Å². The van der Waals surface area contributed by atoms with E-state index in [1.54, 1.807) is 13.2 Å². The largest absolute Gasteiger partial charge is 0.565 e. The van der Waals surface area contributed by atoms with Gasteiger partial charge in [0.05, 0.1) is 7.11 Å². The third-order valence-corrected chi connectivity index (χ3v) is 1.45. The lowest BCUT2D eigenvalue weighted by Gasteiger charge is -2.07. The van der Waals surface area contributed by atoms with Crippen molar-refractivity contribution in [3.05, 3.63) is 23.8 Å². The summed E-state index contributed by atoms with van der Waals surface area (Å²) in [6, 6.07) is 5.54. The molecular weight excluding hydrogens is 139 g/mol. The van der Waals surface area contributed by atoms with E-state index in [0.29, 0.717) is 11.5 Å². The molecule has 0 heterocycles. The zero-order valence-corrected chi connectivity index (χ0v) is 6.63. The fourth-order valence-corrected chi connectivity index (χ4v) is 0.872. The summed E-state index contributed by atoms with van der Waals surface area (Å²) in [6.45, 7) is 1.98. The van der Waals surface area contributed by atoms with Gasteiger partial charge in [-0.2, -0.15) is 0 Å². The summed E-state index contributed by atoms with van der Waals surface area (Å²) in [7, 11) is 6.58. The van der Waals surface area contributed by atoms with Gasteiger partial charge in [-0.25, -0.2) is 0 Å². The number of aryl methyl sites for hydroxylation is 1. The summed E-state index contributed by atoms with van der Waals surface area (Å²) >= 11 is 0. The smallest absolute Gasteiger partial charge is 0.374 e. The maximum absolute atomic E-state index is 5.01. The second-order valence-electron chi connectivity index (χ2n) is 2.27. The van der Waals surface area contributed by atoms with Gasteiger partial charge in [0, 0.05) is 0 Å². The molecule has 56 valence electrons. The highest BCUT2D eigenvalue weighted by molar-refractivity contribution is 6.00. The molecule has 11 heavy (non-hydrogen) atoms. The molecular formula is C8H9BO2. The van der Waals surface area contributed by atoms with Gasteiger partial charge in [0.15, 0.2) is 5.75 Å². The van der Waals surface area contributed by atoms with Gasteiger partial charge in [0.25, 0.3) is 0 Å². The third kappa shape index (κ3) is 1.67. The molecule has 3 heteroatoms. The molecule has 0 N–H and O–H groups in total. The molecule has 0 bridgehead atoms. The zero-order chi connectivity index (χ0) is 8.27. The van der Waals surface area contributed by atoms with Crippen LogP contribution in [0.4, 0.5) is 0 Å². The Kier molecular flexibility index (Phi) is 2.42. The summed E-state index contributed by atoms with van der Waals surface area (Å²) in [5, 5.41) is 0. The van der Waals surface area contributed by atoms with Crippen molar-refractivity contribution in [2.75, 3.05) is 7.11 Å². The predicted octanol–water partition coefficient (Wildman–Crippen LogP) is 1.47. The molecule has 0 spiro atoms. The van der Waals surface area contributed by atoms with Crippen molar-refractivity contribution in [3.63, 3.8) is 0 Å². The van der Waals surface area contributed by atoms with Crippen molar-refractivity contribution in [1.29, 1.82) is 0 Å². The van der Waals surface area contributed by atoms with Gasteiger partial charge in [-0.3, -0.25) is 0 Å². The van der Waals surface area contributed by atoms with Gasteiger partial charge >= 0.3 is 8.05 Å². The van der Waals surface area contributed by atoms with E-state index in [4.69, 9.17) is 12.8 Å². The number of rotatable bonds is 2. The molecule has 2 radical (unpaired) electrons. The normalized spacial score (nSPS) is 9.27. The lowest BCUT2D eigenvalue weighted by atomic mass is 10.2. The lowest BCUT2D eigenvalue weighted by Crippen LogP contribution is -1.91. The van der Waals surface area contributed by atoms with E-state index in [-0.39, 0.29) is 0 Å². The van der Waals surface area contributed by atoms with Gasteiger partial charge in [-0.05, 0) is 24.6 Å². The Morgan fingerprint density at radius 3 is 2.55 bits per heavy atom. The molecule has 0 atom stereocenters. The van der Waals surface area contributed by atoms with Crippen molar-refractivity contribution in [1.82, 2.24) is 0 Å². The molecule has 1 aromatic carbocycles. The molecule has 0 aliphatic heterocycles. The SMILES string of the molecule is [B]Oc1ccc(C)cc1OC. The Morgan fingerprint density at radius 1 is 1.27 bits per heavy atom. The molecule has 0 aliphatic carbocycles. The van der Waals surface area contributed by atoms with Crippen LogP contribution >= 0.6 is 0 Å². The van der Waals surface area contributed by atoms with Crippen LogP contribution in [0.2, 0.25) is 0 Å². The van der Waals surface area contributed by atoms with E-state index >= 15 is 0 Å². The highest BCUT2D eigenvalue weighted by Gasteiger charge is 2.00. The van der Waals surface area contributed by atoms with Gasteiger partial charge in [0.2, 0.25) is 0 Å². The van der Waals surface area contributed by atoms with Gasteiger partial charge in [-0.15, -0.1) is 0 Å². The van der Waals surface area contributed by atoms with Gasteiger partial charge in [0.1, 0.15) is 5.75 Å². The summed E-state index contributed by atoms with van der Waals surface area (Å²) in [5.41, 5.74) is 1.11. The molecule has 0 aliphatic rings. The van der Waals surface area contributed by atoms with Crippen LogP contribution in [0.25, 0.3) is 0 Å². The Hall–Kier alpha value is -1.12. The van der Waals surface area contributed by atoms with Crippen molar-refractivity contribution in [2.24, 2.45) is 0 Å². The molecule has 0 saturated heterocycles. The highest BCUT2D eigenvalue weighted by Crippen LogP contribution is 2.26. The lowest BCUT2D eigenvalue weighted by molar-refractivity contribution is 0.397. The molecule has 2 nitrogen and oxygen atoms in total. The fraction of sp³-hybridized carbons (Fsp3) is 0.250. The van der Waals surface area contributed by atoms with Crippen LogP contribution in [0.1, 0.15) is 5.56 Å². The average molecular weight is 148 g/mol. The van der Waals surface area contributed by atoms with E-state index in [9.17, 15) is 0 Å². The van der Waals surface area contributed by atoms with E-state index < -0.39 is 0 Å². The summed E-state index contributed by atoms with van der Waals surface area (Å²) in [4.78, 5) is 0. The summed E-state index contributed by atoms with van der Waals surface area (Å²) in [6.07, 6.45) is 0. The predicted molar refractivity (Wildman–Crippen MR) is 44.1 cm³/mol. The number of methoxy groups -OCH3 is 1. The molecule has 1 aromatic rings. The molecule has 0 aromatic heterocycles. The first-order chi connectivity index (χ1) is 5.27. The van der Waals surface area contributed by atoms with Crippen LogP contribution in [0.5, 0.6) is 11.5 Å². The number of ether oxygens (including phenoxy) is 1. The zero-order valence-electron chi connectivity index (χ0n) is 6.63. The Morgan fingerprint density at radius 2 is 2.00 bits per heavy atom. The molecule has 1 rings (SSSR count). The average Bonchev–Trinajstić information content (AvgIpc) is 2.04. The minimum atomic E-state index is 0.554. The first kappa shape index (κ1) is 7.99. The van der Waals surface area contributed by atoms with Crippen molar-refractivity contribution >= 4 is 8.05 Å². The Balaban J connectivity index is 3.06. The van der Waals surface area contributed by atoms with Gasteiger partial charge in [-0.1, -0.05) is 6.07 Å². The van der Waals surface area contributed by atoms with Crippen LogP contribution in [0, 0.1) is 6.92 Å². The summed E-state index contributed by atoms with van der Waals surface area (Å²) in [5.74, 6) is 1.21. The Bertz CT molecular complexity index is 248. The second kappa shape index (κ2) is 3.33. The fourth-order valence-electron chi connectivity index (χ4n) is 0.872.